The minimum atomic E-state index is -0.643. The van der Waals surface area contributed by atoms with Crippen molar-refractivity contribution in [3.63, 3.8) is 0 Å². The molecule has 1 saturated carbocycles. The molecule has 1 N–H and O–H groups in total. The molecule has 1 saturated heterocycles. The summed E-state index contributed by atoms with van der Waals surface area (Å²) in [7, 11) is 0. The normalized spacial score (nSPS) is 20.1. The molecule has 3 rings (SSSR count). The summed E-state index contributed by atoms with van der Waals surface area (Å²) in [6.45, 7) is 6.96. The van der Waals surface area contributed by atoms with Gasteiger partial charge in [0.25, 0.3) is 5.91 Å². The van der Waals surface area contributed by atoms with Crippen molar-refractivity contribution in [2.45, 2.75) is 51.6 Å². The molecule has 0 radical (unpaired) electrons. The van der Waals surface area contributed by atoms with Crippen molar-refractivity contribution < 1.29 is 14.0 Å². The van der Waals surface area contributed by atoms with Gasteiger partial charge in [0.15, 0.2) is 0 Å². The van der Waals surface area contributed by atoms with Gasteiger partial charge in [-0.25, -0.2) is 4.39 Å². The monoisotopic (exact) mass is 375 g/mol. The lowest BCUT2D eigenvalue weighted by atomic mass is 10.0. The van der Waals surface area contributed by atoms with Crippen LogP contribution in [0.2, 0.25) is 0 Å². The molecule has 0 aromatic heterocycles. The maximum Gasteiger partial charge on any atom is 0.254 e. The first-order chi connectivity index (χ1) is 13.0. The van der Waals surface area contributed by atoms with Crippen LogP contribution < -0.4 is 5.32 Å². The second-order valence-corrected chi connectivity index (χ2v) is 7.97. The van der Waals surface area contributed by atoms with Crippen molar-refractivity contribution in [1.29, 1.82) is 0 Å². The summed E-state index contributed by atoms with van der Waals surface area (Å²) in [5.41, 5.74) is -0.0259. The zero-order valence-electron chi connectivity index (χ0n) is 16.3. The number of halogens is 1. The predicted octanol–water partition coefficient (Wildman–Crippen LogP) is 2.67. The zero-order valence-corrected chi connectivity index (χ0v) is 16.3. The van der Waals surface area contributed by atoms with Crippen LogP contribution in [-0.4, -0.2) is 59.9 Å². The molecule has 148 valence electrons. The molecule has 0 bridgehead atoms. The Morgan fingerprint density at radius 2 is 1.70 bits per heavy atom. The van der Waals surface area contributed by atoms with E-state index in [1.54, 1.807) is 12.1 Å². The van der Waals surface area contributed by atoms with Crippen LogP contribution in [0.1, 0.15) is 49.9 Å². The summed E-state index contributed by atoms with van der Waals surface area (Å²) in [5.74, 6) is -1.25. The summed E-state index contributed by atoms with van der Waals surface area (Å²) in [6.07, 6.45) is 5.14. The molecule has 1 atom stereocenters. The predicted molar refractivity (Wildman–Crippen MR) is 103 cm³/mol. The lowest BCUT2D eigenvalue weighted by Crippen LogP contribution is -2.57. The first kappa shape index (κ1) is 19.8. The number of hydrogen-bond acceptors (Lipinski definition) is 3. The van der Waals surface area contributed by atoms with Gasteiger partial charge >= 0.3 is 0 Å². The van der Waals surface area contributed by atoms with Gasteiger partial charge in [0.1, 0.15) is 11.9 Å². The number of hydrogen-bond donors (Lipinski definition) is 1. The number of carbonyl (C=O) groups is 2. The minimum Gasteiger partial charge on any atom is -0.340 e. The maximum absolute atomic E-state index is 13.9. The average Bonchev–Trinajstić information content (AvgIpc) is 3.20. The molecule has 1 aromatic carbocycles. The number of piperazine rings is 1. The standard InChI is InChI=1S/C21H30FN3O2/c1-15(2)19(23-20(26)17-9-5-6-10-18(17)22)21(27)25-13-11-24(12-14-25)16-7-3-4-8-16/h5-6,9-10,15-16,19H,3-4,7-8,11-14H2,1-2H3,(H,23,26). The van der Waals surface area contributed by atoms with Gasteiger partial charge in [-0.15, -0.1) is 0 Å². The highest BCUT2D eigenvalue weighted by molar-refractivity contribution is 5.97. The van der Waals surface area contributed by atoms with Crippen LogP contribution in [0, 0.1) is 11.7 Å². The SMILES string of the molecule is CC(C)C(NC(=O)c1ccccc1F)C(=O)N1CCN(C2CCCC2)CC1. The molecule has 2 amide bonds. The van der Waals surface area contributed by atoms with Gasteiger partial charge in [-0.05, 0) is 30.9 Å². The quantitative estimate of drug-likeness (QED) is 0.861. The van der Waals surface area contributed by atoms with Crippen molar-refractivity contribution in [1.82, 2.24) is 15.1 Å². The van der Waals surface area contributed by atoms with Crippen LogP contribution in [0.3, 0.4) is 0 Å². The summed E-state index contributed by atoms with van der Waals surface area (Å²) >= 11 is 0. The molecule has 5 nitrogen and oxygen atoms in total. The third kappa shape index (κ3) is 4.67. The Bertz CT molecular complexity index is 665. The maximum atomic E-state index is 13.9. The fourth-order valence-corrected chi connectivity index (χ4v) is 4.15. The summed E-state index contributed by atoms with van der Waals surface area (Å²) in [5, 5.41) is 2.75. The summed E-state index contributed by atoms with van der Waals surface area (Å²) in [6, 6.07) is 5.88. The molecule has 1 heterocycles. The van der Waals surface area contributed by atoms with Gasteiger partial charge in [0.2, 0.25) is 5.91 Å². The number of carbonyl (C=O) groups excluding carboxylic acids is 2. The Hall–Kier alpha value is -1.95. The lowest BCUT2D eigenvalue weighted by molar-refractivity contribution is -0.136. The number of benzene rings is 1. The van der Waals surface area contributed by atoms with Gasteiger partial charge in [0, 0.05) is 32.2 Å². The second-order valence-electron chi connectivity index (χ2n) is 7.97. The number of nitrogens with one attached hydrogen (secondary N) is 1. The topological polar surface area (TPSA) is 52.7 Å². The van der Waals surface area contributed by atoms with Crippen LogP contribution in [0.25, 0.3) is 0 Å². The molecular weight excluding hydrogens is 345 g/mol. The molecule has 27 heavy (non-hydrogen) atoms. The fraction of sp³-hybridized carbons (Fsp3) is 0.619. The number of rotatable bonds is 5. The van der Waals surface area contributed by atoms with E-state index in [1.807, 2.05) is 18.7 Å². The van der Waals surface area contributed by atoms with E-state index in [9.17, 15) is 14.0 Å². The Morgan fingerprint density at radius 1 is 1.07 bits per heavy atom. The third-order valence-corrected chi connectivity index (χ3v) is 5.80. The number of nitrogens with zero attached hydrogens (tertiary/aromatic N) is 2. The zero-order chi connectivity index (χ0) is 19.4. The minimum absolute atomic E-state index is 0.0259. The van der Waals surface area contributed by atoms with E-state index in [0.717, 1.165) is 13.1 Å². The molecular formula is C21H30FN3O2. The van der Waals surface area contributed by atoms with E-state index in [-0.39, 0.29) is 17.4 Å². The second kappa shape index (κ2) is 8.83. The molecule has 1 aliphatic heterocycles. The molecule has 1 unspecified atom stereocenters. The highest BCUT2D eigenvalue weighted by Crippen LogP contribution is 2.24. The fourth-order valence-electron chi connectivity index (χ4n) is 4.15. The van der Waals surface area contributed by atoms with Crippen molar-refractivity contribution in [2.75, 3.05) is 26.2 Å². The largest absolute Gasteiger partial charge is 0.340 e. The van der Waals surface area contributed by atoms with Crippen molar-refractivity contribution in [3.8, 4) is 0 Å². The van der Waals surface area contributed by atoms with Crippen molar-refractivity contribution in [3.05, 3.63) is 35.6 Å². The van der Waals surface area contributed by atoms with Gasteiger partial charge in [0.05, 0.1) is 5.56 Å². The van der Waals surface area contributed by atoms with Crippen molar-refractivity contribution >= 4 is 11.8 Å². The van der Waals surface area contributed by atoms with E-state index in [0.29, 0.717) is 19.1 Å². The lowest BCUT2D eigenvalue weighted by Gasteiger charge is -2.39. The highest BCUT2D eigenvalue weighted by atomic mass is 19.1. The molecule has 2 fully saturated rings. The Balaban J connectivity index is 1.60. The first-order valence-electron chi connectivity index (χ1n) is 10.1. The van der Waals surface area contributed by atoms with Gasteiger partial charge in [-0.2, -0.15) is 0 Å². The average molecular weight is 375 g/mol. The Kier molecular flexibility index (Phi) is 6.47. The number of amides is 2. The van der Waals surface area contributed by atoms with E-state index < -0.39 is 17.8 Å². The Morgan fingerprint density at radius 3 is 2.30 bits per heavy atom. The van der Waals surface area contributed by atoms with E-state index in [2.05, 4.69) is 10.2 Å². The van der Waals surface area contributed by atoms with Crippen LogP contribution in [0.15, 0.2) is 24.3 Å². The highest BCUT2D eigenvalue weighted by Gasteiger charge is 2.33. The molecule has 0 spiro atoms. The van der Waals surface area contributed by atoms with Crippen LogP contribution >= 0.6 is 0 Å². The smallest absolute Gasteiger partial charge is 0.254 e. The van der Waals surface area contributed by atoms with E-state index in [4.69, 9.17) is 0 Å². The molecule has 2 aliphatic rings. The summed E-state index contributed by atoms with van der Waals surface area (Å²) < 4.78 is 13.9. The van der Waals surface area contributed by atoms with Crippen LogP contribution in [0.4, 0.5) is 4.39 Å². The first-order valence-corrected chi connectivity index (χ1v) is 10.1. The van der Waals surface area contributed by atoms with Crippen molar-refractivity contribution in [2.24, 2.45) is 5.92 Å². The van der Waals surface area contributed by atoms with E-state index >= 15 is 0 Å². The summed E-state index contributed by atoms with van der Waals surface area (Å²) in [4.78, 5) is 29.8. The van der Waals surface area contributed by atoms with Crippen LogP contribution in [-0.2, 0) is 4.79 Å². The molecule has 1 aromatic rings. The molecule has 6 heteroatoms. The molecule has 1 aliphatic carbocycles. The van der Waals surface area contributed by atoms with Gasteiger partial charge in [-0.3, -0.25) is 14.5 Å². The van der Waals surface area contributed by atoms with Gasteiger partial charge in [-0.1, -0.05) is 38.8 Å². The van der Waals surface area contributed by atoms with Crippen LogP contribution in [0.5, 0.6) is 0 Å². The third-order valence-electron chi connectivity index (χ3n) is 5.80. The van der Waals surface area contributed by atoms with E-state index in [1.165, 1.54) is 37.8 Å². The van der Waals surface area contributed by atoms with Gasteiger partial charge < -0.3 is 10.2 Å². The Labute approximate surface area is 160 Å².